The summed E-state index contributed by atoms with van der Waals surface area (Å²) in [7, 11) is 0. The molecular formula is C20H16INO3. The van der Waals surface area contributed by atoms with Gasteiger partial charge in [-0.3, -0.25) is 10.1 Å². The molecule has 0 heterocycles. The number of non-ortho nitro benzene ring substituents is 1. The number of nitro groups is 1. The number of nitrogens with zero attached hydrogens (tertiary/aromatic N) is 1. The van der Waals surface area contributed by atoms with Crippen molar-refractivity contribution in [2.75, 3.05) is 6.61 Å². The molecule has 0 saturated carbocycles. The van der Waals surface area contributed by atoms with Gasteiger partial charge >= 0.3 is 0 Å². The van der Waals surface area contributed by atoms with Gasteiger partial charge in [0.15, 0.2) is 0 Å². The molecule has 4 nitrogen and oxygen atoms in total. The van der Waals surface area contributed by atoms with E-state index in [4.69, 9.17) is 4.74 Å². The van der Waals surface area contributed by atoms with Gasteiger partial charge in [-0.15, -0.1) is 0 Å². The quantitative estimate of drug-likeness (QED) is 0.272. The number of ether oxygens (including phenoxy) is 1. The Kier molecular flexibility index (Phi) is 5.33. The van der Waals surface area contributed by atoms with E-state index in [1.807, 2.05) is 12.1 Å². The van der Waals surface area contributed by atoms with Crippen LogP contribution in [0.1, 0.15) is 12.0 Å². The fraction of sp³-hybridized carbons (Fsp3) is 0.100. The monoisotopic (exact) mass is 445 g/mol. The summed E-state index contributed by atoms with van der Waals surface area (Å²) in [6.45, 7) is 4.56. The molecule has 0 amide bonds. The van der Waals surface area contributed by atoms with Crippen molar-refractivity contribution >= 4 is 44.6 Å². The zero-order chi connectivity index (χ0) is 17.8. The maximum Gasteiger partial charge on any atom is 0.273 e. The van der Waals surface area contributed by atoms with Gasteiger partial charge in [0, 0.05) is 12.5 Å². The van der Waals surface area contributed by atoms with Crippen LogP contribution in [0.3, 0.4) is 0 Å². The minimum Gasteiger partial charge on any atom is -0.492 e. The summed E-state index contributed by atoms with van der Waals surface area (Å²) < 4.78 is 6.58. The van der Waals surface area contributed by atoms with Crippen molar-refractivity contribution < 1.29 is 9.66 Å². The fourth-order valence-electron chi connectivity index (χ4n) is 2.55. The molecule has 0 spiro atoms. The molecular weight excluding hydrogens is 429 g/mol. The van der Waals surface area contributed by atoms with Crippen LogP contribution in [0.25, 0.3) is 16.3 Å². The number of rotatable bonds is 6. The summed E-state index contributed by atoms with van der Waals surface area (Å²) in [6, 6.07) is 19.1. The highest BCUT2D eigenvalue weighted by molar-refractivity contribution is 14.1. The van der Waals surface area contributed by atoms with Crippen LogP contribution in [0.5, 0.6) is 5.75 Å². The molecule has 0 aliphatic rings. The predicted octanol–water partition coefficient (Wildman–Crippen LogP) is 5.83. The second kappa shape index (κ2) is 7.65. The lowest BCUT2D eigenvalue weighted by Gasteiger charge is -2.10. The average Bonchev–Trinajstić information content (AvgIpc) is 2.62. The van der Waals surface area contributed by atoms with Crippen LogP contribution in [0.15, 0.2) is 67.2 Å². The Morgan fingerprint density at radius 3 is 2.60 bits per heavy atom. The zero-order valence-corrected chi connectivity index (χ0v) is 15.6. The Bertz CT molecular complexity index is 953. The largest absolute Gasteiger partial charge is 0.492 e. The predicted molar refractivity (Wildman–Crippen MR) is 109 cm³/mol. The van der Waals surface area contributed by atoms with Crippen molar-refractivity contribution in [1.82, 2.24) is 0 Å². The maximum absolute atomic E-state index is 10.9. The van der Waals surface area contributed by atoms with E-state index in [1.165, 1.54) is 22.9 Å². The number of hydrogen-bond acceptors (Lipinski definition) is 3. The second-order valence-electron chi connectivity index (χ2n) is 5.64. The molecule has 0 unspecified atom stereocenters. The summed E-state index contributed by atoms with van der Waals surface area (Å²) in [4.78, 5) is 10.5. The van der Waals surface area contributed by atoms with Crippen LogP contribution in [0.2, 0.25) is 0 Å². The highest BCUT2D eigenvalue weighted by atomic mass is 127. The van der Waals surface area contributed by atoms with Gasteiger partial charge < -0.3 is 4.74 Å². The summed E-state index contributed by atoms with van der Waals surface area (Å²) in [6.07, 6.45) is 0.650. The highest BCUT2D eigenvalue weighted by Crippen LogP contribution is 2.27. The smallest absolute Gasteiger partial charge is 0.273 e. The summed E-state index contributed by atoms with van der Waals surface area (Å²) in [5.74, 6) is 0.529. The topological polar surface area (TPSA) is 52.4 Å². The molecule has 0 N–H and O–H groups in total. The molecule has 0 aliphatic carbocycles. The first kappa shape index (κ1) is 17.4. The normalized spacial score (nSPS) is 10.6. The number of fused-ring (bicyclic) bond motifs is 1. The SMILES string of the molecule is C=C(CCOc1cc([N+](=O)[O-])ccc1I)c1ccc2ccccc2c1. The van der Waals surface area contributed by atoms with Crippen LogP contribution in [0, 0.1) is 13.7 Å². The number of halogens is 1. The molecule has 25 heavy (non-hydrogen) atoms. The first-order valence-electron chi connectivity index (χ1n) is 7.78. The van der Waals surface area contributed by atoms with Gasteiger partial charge in [-0.25, -0.2) is 0 Å². The van der Waals surface area contributed by atoms with E-state index >= 15 is 0 Å². The second-order valence-corrected chi connectivity index (χ2v) is 6.80. The first-order valence-corrected chi connectivity index (χ1v) is 8.86. The molecule has 0 saturated heterocycles. The summed E-state index contributed by atoms with van der Waals surface area (Å²) in [5, 5.41) is 13.2. The van der Waals surface area contributed by atoms with Crippen molar-refractivity contribution in [3.05, 3.63) is 86.5 Å². The third kappa shape index (κ3) is 4.17. The molecule has 0 aliphatic heterocycles. The van der Waals surface area contributed by atoms with Crippen LogP contribution in [-0.4, -0.2) is 11.5 Å². The van der Waals surface area contributed by atoms with E-state index in [-0.39, 0.29) is 5.69 Å². The van der Waals surface area contributed by atoms with Gasteiger partial charge in [-0.05, 0) is 56.6 Å². The van der Waals surface area contributed by atoms with E-state index in [1.54, 1.807) is 6.07 Å². The molecule has 0 aromatic heterocycles. The molecule has 0 radical (unpaired) electrons. The number of hydrogen-bond donors (Lipinski definition) is 0. The van der Waals surface area contributed by atoms with E-state index in [2.05, 4.69) is 59.5 Å². The van der Waals surface area contributed by atoms with Crippen molar-refractivity contribution in [3.63, 3.8) is 0 Å². The summed E-state index contributed by atoms with van der Waals surface area (Å²) >= 11 is 2.11. The highest BCUT2D eigenvalue weighted by Gasteiger charge is 2.10. The Labute approximate surface area is 159 Å². The summed E-state index contributed by atoms with van der Waals surface area (Å²) in [5.41, 5.74) is 2.09. The van der Waals surface area contributed by atoms with Gasteiger partial charge in [0.1, 0.15) is 5.75 Å². The molecule has 126 valence electrons. The third-order valence-electron chi connectivity index (χ3n) is 3.94. The zero-order valence-electron chi connectivity index (χ0n) is 13.4. The Balaban J connectivity index is 1.66. The maximum atomic E-state index is 10.9. The number of nitro benzene ring substituents is 1. The Morgan fingerprint density at radius 1 is 1.08 bits per heavy atom. The Morgan fingerprint density at radius 2 is 1.84 bits per heavy atom. The minimum atomic E-state index is -0.420. The van der Waals surface area contributed by atoms with Gasteiger partial charge in [-0.1, -0.05) is 43.0 Å². The van der Waals surface area contributed by atoms with Crippen molar-refractivity contribution in [2.45, 2.75) is 6.42 Å². The lowest BCUT2D eigenvalue weighted by molar-refractivity contribution is -0.385. The van der Waals surface area contributed by atoms with Crippen molar-refractivity contribution in [3.8, 4) is 5.75 Å². The molecule has 0 bridgehead atoms. The van der Waals surface area contributed by atoms with E-state index in [9.17, 15) is 10.1 Å². The van der Waals surface area contributed by atoms with Gasteiger partial charge in [-0.2, -0.15) is 0 Å². The van der Waals surface area contributed by atoms with Crippen LogP contribution in [-0.2, 0) is 0 Å². The van der Waals surface area contributed by atoms with E-state index in [0.717, 1.165) is 14.7 Å². The van der Waals surface area contributed by atoms with Crippen LogP contribution < -0.4 is 4.74 Å². The van der Waals surface area contributed by atoms with Crippen molar-refractivity contribution in [2.24, 2.45) is 0 Å². The third-order valence-corrected chi connectivity index (χ3v) is 4.84. The van der Waals surface area contributed by atoms with E-state index < -0.39 is 4.92 Å². The Hall–Kier alpha value is -2.41. The molecule has 0 atom stereocenters. The minimum absolute atomic E-state index is 0.0313. The van der Waals surface area contributed by atoms with Gasteiger partial charge in [0.05, 0.1) is 21.2 Å². The lowest BCUT2D eigenvalue weighted by atomic mass is 10.0. The standard InChI is InChI=1S/C20H16INO3/c1-14(16-7-6-15-4-2-3-5-17(15)12-16)10-11-25-20-13-18(22(23)24)8-9-19(20)21/h2-9,12-13H,1,10-11H2. The van der Waals surface area contributed by atoms with Crippen molar-refractivity contribution in [1.29, 1.82) is 0 Å². The lowest BCUT2D eigenvalue weighted by Crippen LogP contribution is -2.01. The molecule has 3 aromatic rings. The number of benzene rings is 3. The fourth-order valence-corrected chi connectivity index (χ4v) is 3.05. The average molecular weight is 445 g/mol. The van der Waals surface area contributed by atoms with Gasteiger partial charge in [0.2, 0.25) is 0 Å². The van der Waals surface area contributed by atoms with Crippen LogP contribution in [0.4, 0.5) is 5.69 Å². The van der Waals surface area contributed by atoms with E-state index in [0.29, 0.717) is 18.8 Å². The molecule has 3 aromatic carbocycles. The molecule has 0 fully saturated rings. The first-order chi connectivity index (χ1) is 12.0. The molecule has 5 heteroatoms. The van der Waals surface area contributed by atoms with Crippen LogP contribution >= 0.6 is 22.6 Å². The molecule has 3 rings (SSSR count). The van der Waals surface area contributed by atoms with Gasteiger partial charge in [0.25, 0.3) is 5.69 Å².